The minimum atomic E-state index is -0.429. The Morgan fingerprint density at radius 3 is 2.60 bits per heavy atom. The lowest BCUT2D eigenvalue weighted by molar-refractivity contribution is -0.151. The van der Waals surface area contributed by atoms with Gasteiger partial charge in [0.25, 0.3) is 5.91 Å². The van der Waals surface area contributed by atoms with Gasteiger partial charge in [0.15, 0.2) is 0 Å². The van der Waals surface area contributed by atoms with E-state index in [1.54, 1.807) is 11.8 Å². The van der Waals surface area contributed by atoms with Gasteiger partial charge in [-0.15, -0.1) is 0 Å². The number of piperazine rings is 1. The number of fused-ring (bicyclic) bond motifs is 1. The van der Waals surface area contributed by atoms with Crippen LogP contribution in [-0.2, 0) is 9.59 Å². The van der Waals surface area contributed by atoms with Crippen LogP contribution in [0.1, 0.15) is 41.8 Å². The van der Waals surface area contributed by atoms with Crippen molar-refractivity contribution in [3.63, 3.8) is 0 Å². The highest BCUT2D eigenvalue weighted by Crippen LogP contribution is 2.26. The maximum atomic E-state index is 12.6. The third-order valence-corrected chi connectivity index (χ3v) is 5.31. The summed E-state index contributed by atoms with van der Waals surface area (Å²) in [5.41, 5.74) is 2.65. The predicted molar refractivity (Wildman–Crippen MR) is 94.1 cm³/mol. The SMILES string of the molecule is CC(=O)N1C[C@@H]2C[C@H](NC(=O)c3cc(C)ccc3C)CN2C(=O)[C@@H]1C. The van der Waals surface area contributed by atoms with Crippen LogP contribution in [0.3, 0.4) is 0 Å². The Morgan fingerprint density at radius 2 is 1.92 bits per heavy atom. The van der Waals surface area contributed by atoms with Crippen LogP contribution < -0.4 is 5.32 Å². The smallest absolute Gasteiger partial charge is 0.251 e. The summed E-state index contributed by atoms with van der Waals surface area (Å²) in [4.78, 5) is 40.3. The third kappa shape index (κ3) is 3.25. The van der Waals surface area contributed by atoms with Crippen LogP contribution in [0.2, 0.25) is 0 Å². The van der Waals surface area contributed by atoms with Crippen LogP contribution in [0.4, 0.5) is 0 Å². The average molecular weight is 343 g/mol. The number of carbonyl (C=O) groups excluding carboxylic acids is 3. The molecule has 134 valence electrons. The van der Waals surface area contributed by atoms with E-state index in [2.05, 4.69) is 5.32 Å². The lowest BCUT2D eigenvalue weighted by Gasteiger charge is -2.40. The number of carbonyl (C=O) groups is 3. The summed E-state index contributed by atoms with van der Waals surface area (Å²) in [6.45, 7) is 8.19. The molecule has 2 aliphatic rings. The zero-order valence-electron chi connectivity index (χ0n) is 15.2. The maximum absolute atomic E-state index is 12.6. The molecule has 1 aromatic rings. The summed E-state index contributed by atoms with van der Waals surface area (Å²) in [7, 11) is 0. The normalized spacial score (nSPS) is 25.8. The first-order chi connectivity index (χ1) is 11.8. The van der Waals surface area contributed by atoms with Crippen LogP contribution in [0, 0.1) is 13.8 Å². The summed E-state index contributed by atoms with van der Waals surface area (Å²) >= 11 is 0. The van der Waals surface area contributed by atoms with Crippen LogP contribution in [0.25, 0.3) is 0 Å². The average Bonchev–Trinajstić information content (AvgIpc) is 2.95. The Morgan fingerprint density at radius 1 is 1.20 bits per heavy atom. The number of hydrogen-bond donors (Lipinski definition) is 1. The van der Waals surface area contributed by atoms with Crippen LogP contribution >= 0.6 is 0 Å². The molecule has 0 spiro atoms. The highest BCUT2D eigenvalue weighted by Gasteiger charge is 2.44. The third-order valence-electron chi connectivity index (χ3n) is 5.31. The molecular weight excluding hydrogens is 318 g/mol. The quantitative estimate of drug-likeness (QED) is 0.879. The molecule has 0 radical (unpaired) electrons. The Kier molecular flexibility index (Phi) is 4.54. The molecule has 0 unspecified atom stereocenters. The summed E-state index contributed by atoms with van der Waals surface area (Å²) in [6, 6.07) is 5.29. The summed E-state index contributed by atoms with van der Waals surface area (Å²) in [5, 5.41) is 3.06. The lowest BCUT2D eigenvalue weighted by atomic mass is 10.0. The van der Waals surface area contributed by atoms with Gasteiger partial charge in [0.2, 0.25) is 11.8 Å². The summed E-state index contributed by atoms with van der Waals surface area (Å²) in [6.07, 6.45) is 0.679. The second-order valence-corrected chi connectivity index (χ2v) is 7.22. The van der Waals surface area contributed by atoms with E-state index in [0.717, 1.165) is 11.1 Å². The molecule has 3 rings (SSSR count). The van der Waals surface area contributed by atoms with Gasteiger partial charge in [0.1, 0.15) is 6.04 Å². The fraction of sp³-hybridized carbons (Fsp3) is 0.526. The largest absolute Gasteiger partial charge is 0.347 e. The second kappa shape index (κ2) is 6.50. The standard InChI is InChI=1S/C19H25N3O3/c1-11-5-6-12(2)17(7-11)18(24)20-15-8-16-10-21(14(4)23)13(3)19(25)22(16)9-15/h5-7,13,15-16H,8-10H2,1-4H3,(H,20,24)/t13-,15-,16-/m0/s1. The Hall–Kier alpha value is -2.37. The van der Waals surface area contributed by atoms with Gasteiger partial charge in [-0.1, -0.05) is 17.7 Å². The number of rotatable bonds is 2. The zero-order chi connectivity index (χ0) is 18.3. The van der Waals surface area contributed by atoms with Crippen molar-refractivity contribution >= 4 is 17.7 Å². The van der Waals surface area contributed by atoms with Crippen molar-refractivity contribution in [1.82, 2.24) is 15.1 Å². The van der Waals surface area contributed by atoms with Crippen LogP contribution in [0.5, 0.6) is 0 Å². The first-order valence-corrected chi connectivity index (χ1v) is 8.73. The molecule has 0 aromatic heterocycles. The Balaban J connectivity index is 1.71. The molecule has 0 aliphatic carbocycles. The number of hydrogen-bond acceptors (Lipinski definition) is 3. The highest BCUT2D eigenvalue weighted by atomic mass is 16.2. The van der Waals surface area contributed by atoms with Gasteiger partial charge in [-0.2, -0.15) is 0 Å². The van der Waals surface area contributed by atoms with Crippen molar-refractivity contribution < 1.29 is 14.4 Å². The van der Waals surface area contributed by atoms with Gasteiger partial charge in [0.05, 0.1) is 6.04 Å². The van der Waals surface area contributed by atoms with E-state index in [1.165, 1.54) is 6.92 Å². The van der Waals surface area contributed by atoms with E-state index in [0.29, 0.717) is 25.1 Å². The molecule has 2 heterocycles. The van der Waals surface area contributed by atoms with Crippen molar-refractivity contribution in [2.24, 2.45) is 0 Å². The molecule has 25 heavy (non-hydrogen) atoms. The number of amides is 3. The second-order valence-electron chi connectivity index (χ2n) is 7.22. The number of benzene rings is 1. The summed E-state index contributed by atoms with van der Waals surface area (Å²) < 4.78 is 0. The predicted octanol–water partition coefficient (Wildman–Crippen LogP) is 1.25. The van der Waals surface area contributed by atoms with E-state index >= 15 is 0 Å². The summed E-state index contributed by atoms with van der Waals surface area (Å²) in [5.74, 6) is -0.215. The molecule has 0 saturated carbocycles. The van der Waals surface area contributed by atoms with Gasteiger partial charge in [-0.3, -0.25) is 14.4 Å². The van der Waals surface area contributed by atoms with Crippen molar-refractivity contribution in [2.75, 3.05) is 13.1 Å². The van der Waals surface area contributed by atoms with Gasteiger partial charge >= 0.3 is 0 Å². The van der Waals surface area contributed by atoms with Crippen LogP contribution in [0.15, 0.2) is 18.2 Å². The van der Waals surface area contributed by atoms with Gasteiger partial charge in [-0.25, -0.2) is 0 Å². The number of nitrogens with one attached hydrogen (secondary N) is 1. The monoisotopic (exact) mass is 343 g/mol. The van der Waals surface area contributed by atoms with Gasteiger partial charge in [-0.05, 0) is 38.8 Å². The van der Waals surface area contributed by atoms with Crippen molar-refractivity contribution in [3.05, 3.63) is 34.9 Å². The molecule has 2 fully saturated rings. The molecular formula is C19H25N3O3. The highest BCUT2D eigenvalue weighted by molar-refractivity contribution is 5.96. The van der Waals surface area contributed by atoms with E-state index in [1.807, 2.05) is 36.9 Å². The zero-order valence-corrected chi connectivity index (χ0v) is 15.2. The fourth-order valence-corrected chi connectivity index (χ4v) is 3.87. The lowest BCUT2D eigenvalue weighted by Crippen LogP contribution is -2.59. The van der Waals surface area contributed by atoms with E-state index in [9.17, 15) is 14.4 Å². The Bertz CT molecular complexity index is 731. The maximum Gasteiger partial charge on any atom is 0.251 e. The van der Waals surface area contributed by atoms with Gasteiger partial charge < -0.3 is 15.1 Å². The molecule has 3 amide bonds. The van der Waals surface area contributed by atoms with Gasteiger partial charge in [0, 0.05) is 31.6 Å². The Labute approximate surface area is 148 Å². The van der Waals surface area contributed by atoms with E-state index in [4.69, 9.17) is 0 Å². The fourth-order valence-electron chi connectivity index (χ4n) is 3.87. The molecule has 3 atom stereocenters. The molecule has 2 aliphatic heterocycles. The molecule has 1 N–H and O–H groups in total. The molecule has 0 bridgehead atoms. The topological polar surface area (TPSA) is 69.7 Å². The van der Waals surface area contributed by atoms with Crippen molar-refractivity contribution in [2.45, 2.75) is 52.2 Å². The molecule has 1 aromatic carbocycles. The molecule has 2 saturated heterocycles. The van der Waals surface area contributed by atoms with Crippen LogP contribution in [-0.4, -0.2) is 58.7 Å². The first kappa shape index (κ1) is 17.5. The van der Waals surface area contributed by atoms with E-state index < -0.39 is 6.04 Å². The minimum Gasteiger partial charge on any atom is -0.347 e. The molecule has 6 heteroatoms. The van der Waals surface area contributed by atoms with E-state index in [-0.39, 0.29) is 29.8 Å². The number of aryl methyl sites for hydroxylation is 2. The van der Waals surface area contributed by atoms with Crippen molar-refractivity contribution in [3.8, 4) is 0 Å². The molecule has 6 nitrogen and oxygen atoms in total. The first-order valence-electron chi connectivity index (χ1n) is 8.73. The van der Waals surface area contributed by atoms with Crippen molar-refractivity contribution in [1.29, 1.82) is 0 Å². The minimum absolute atomic E-state index is 0.0171. The number of nitrogens with zero attached hydrogens (tertiary/aromatic N) is 2.